The number of aliphatic carboxylic acids is 1. The maximum Gasteiger partial charge on any atom is 0.322 e. The molecule has 102 valence electrons. The summed E-state index contributed by atoms with van der Waals surface area (Å²) in [4.78, 5) is 36.6. The van der Waals surface area contributed by atoms with Crippen LogP contribution in [0, 0.1) is 6.92 Å². The number of nitrogens with zero attached hydrogens (tertiary/aromatic N) is 1. The molecule has 0 aliphatic heterocycles. The predicted molar refractivity (Wildman–Crippen MR) is 66.6 cm³/mol. The van der Waals surface area contributed by atoms with Crippen LogP contribution in [0.15, 0.2) is 12.1 Å². The molecule has 0 saturated carbocycles. The number of hydrogen-bond donors (Lipinski definition) is 4. The molecule has 19 heavy (non-hydrogen) atoms. The molecule has 8 nitrogen and oxygen atoms in total. The molecule has 0 aromatic carbocycles. The molecule has 1 aromatic heterocycles. The number of anilines is 1. The Hall–Kier alpha value is -2.64. The van der Waals surface area contributed by atoms with E-state index >= 15 is 0 Å². The first-order valence-corrected chi connectivity index (χ1v) is 5.39. The number of primary amides is 1. The zero-order valence-electron chi connectivity index (χ0n) is 10.3. The van der Waals surface area contributed by atoms with Gasteiger partial charge in [0.25, 0.3) is 0 Å². The number of rotatable bonds is 6. The van der Waals surface area contributed by atoms with Crippen molar-refractivity contribution >= 4 is 23.6 Å². The summed E-state index contributed by atoms with van der Waals surface area (Å²) in [7, 11) is 0. The van der Waals surface area contributed by atoms with E-state index in [2.05, 4.69) is 15.6 Å². The Bertz CT molecular complexity index is 515. The van der Waals surface area contributed by atoms with Gasteiger partial charge in [-0.15, -0.1) is 0 Å². The fourth-order valence-electron chi connectivity index (χ4n) is 1.31. The Morgan fingerprint density at radius 2 is 2.00 bits per heavy atom. The van der Waals surface area contributed by atoms with Crippen LogP contribution in [0.5, 0.6) is 0 Å². The molecule has 0 aliphatic carbocycles. The summed E-state index contributed by atoms with van der Waals surface area (Å²) in [5.41, 5.74) is 6.00. The van der Waals surface area contributed by atoms with E-state index in [1.165, 1.54) is 12.1 Å². The second-order valence-electron chi connectivity index (χ2n) is 3.77. The van der Waals surface area contributed by atoms with E-state index < -0.39 is 24.3 Å². The summed E-state index contributed by atoms with van der Waals surface area (Å²) in [6, 6.07) is 2.94. The first-order chi connectivity index (χ1) is 8.88. The van der Waals surface area contributed by atoms with Crippen LogP contribution in [-0.4, -0.2) is 41.0 Å². The van der Waals surface area contributed by atoms with Crippen molar-refractivity contribution in [3.05, 3.63) is 23.4 Å². The Labute approximate surface area is 109 Å². The number of carbonyl (C=O) groups excluding carboxylic acids is 2. The Balaban J connectivity index is 2.60. The van der Waals surface area contributed by atoms with Gasteiger partial charge in [-0.1, -0.05) is 0 Å². The van der Waals surface area contributed by atoms with E-state index in [-0.39, 0.29) is 12.1 Å². The largest absolute Gasteiger partial charge is 0.480 e. The van der Waals surface area contributed by atoms with Crippen LogP contribution in [-0.2, 0) is 9.59 Å². The minimum atomic E-state index is -1.13. The smallest absolute Gasteiger partial charge is 0.322 e. The number of nitrogens with two attached hydrogens (primary N) is 1. The number of aromatic nitrogens is 1. The van der Waals surface area contributed by atoms with Gasteiger partial charge < -0.3 is 21.5 Å². The number of hydrogen-bond acceptors (Lipinski definition) is 5. The van der Waals surface area contributed by atoms with Crippen LogP contribution in [0.2, 0.25) is 0 Å². The quantitative estimate of drug-likeness (QED) is 0.527. The fraction of sp³-hybridized carbons (Fsp3) is 0.273. The van der Waals surface area contributed by atoms with Crippen LogP contribution < -0.4 is 16.4 Å². The maximum atomic E-state index is 11.3. The predicted octanol–water partition coefficient (Wildman–Crippen LogP) is -0.898. The monoisotopic (exact) mass is 266 g/mol. The van der Waals surface area contributed by atoms with Crippen molar-refractivity contribution < 1.29 is 19.5 Å². The summed E-state index contributed by atoms with van der Waals surface area (Å²) in [6.07, 6.45) is 0. The van der Waals surface area contributed by atoms with Gasteiger partial charge in [-0.3, -0.25) is 14.4 Å². The minimum absolute atomic E-state index is 0.151. The molecule has 0 radical (unpaired) electrons. The molecule has 0 aliphatic rings. The highest BCUT2D eigenvalue weighted by atomic mass is 16.4. The molecule has 0 fully saturated rings. The third kappa shape index (κ3) is 5.02. The molecule has 0 saturated heterocycles. The second kappa shape index (κ2) is 6.34. The highest BCUT2D eigenvalue weighted by Crippen LogP contribution is 2.09. The van der Waals surface area contributed by atoms with Crippen molar-refractivity contribution in [2.45, 2.75) is 6.92 Å². The maximum absolute atomic E-state index is 11.3. The van der Waals surface area contributed by atoms with Crippen LogP contribution in [0.1, 0.15) is 16.1 Å². The van der Waals surface area contributed by atoms with Crippen molar-refractivity contribution in [3.8, 4) is 0 Å². The van der Waals surface area contributed by atoms with E-state index in [4.69, 9.17) is 10.8 Å². The highest BCUT2D eigenvalue weighted by molar-refractivity contribution is 5.93. The van der Waals surface area contributed by atoms with Gasteiger partial charge in [0.2, 0.25) is 11.8 Å². The molecule has 5 N–H and O–H groups in total. The molecule has 1 rings (SSSR count). The normalized spacial score (nSPS) is 9.74. The number of carboxylic acid groups (broad SMARTS) is 1. The molecule has 1 aromatic rings. The van der Waals surface area contributed by atoms with Gasteiger partial charge in [0.05, 0.1) is 6.54 Å². The SMILES string of the molecule is Cc1cc(C(N)=O)cc(NCC(=O)NCC(=O)O)n1. The topological polar surface area (TPSA) is 134 Å². The minimum Gasteiger partial charge on any atom is -0.480 e. The third-order valence-corrected chi connectivity index (χ3v) is 2.10. The van der Waals surface area contributed by atoms with Crippen LogP contribution >= 0.6 is 0 Å². The summed E-state index contributed by atoms with van der Waals surface area (Å²) < 4.78 is 0. The van der Waals surface area contributed by atoms with Crippen LogP contribution in [0.4, 0.5) is 5.82 Å². The Kier molecular flexibility index (Phi) is 4.81. The van der Waals surface area contributed by atoms with E-state index in [1.807, 2.05) is 0 Å². The summed E-state index contributed by atoms with van der Waals surface area (Å²) in [6.45, 7) is 1.08. The average Bonchev–Trinajstić information content (AvgIpc) is 2.33. The molecule has 0 atom stereocenters. The van der Waals surface area contributed by atoms with Crippen molar-refractivity contribution in [3.63, 3.8) is 0 Å². The van der Waals surface area contributed by atoms with Gasteiger partial charge in [0, 0.05) is 11.3 Å². The van der Waals surface area contributed by atoms with Gasteiger partial charge in [-0.25, -0.2) is 4.98 Å². The van der Waals surface area contributed by atoms with E-state index in [1.54, 1.807) is 6.92 Å². The lowest BCUT2D eigenvalue weighted by molar-refractivity contribution is -0.137. The van der Waals surface area contributed by atoms with Gasteiger partial charge in [-0.05, 0) is 19.1 Å². The Morgan fingerprint density at radius 1 is 1.32 bits per heavy atom. The number of aryl methyl sites for hydroxylation is 1. The lowest BCUT2D eigenvalue weighted by Gasteiger charge is -2.07. The highest BCUT2D eigenvalue weighted by Gasteiger charge is 2.07. The lowest BCUT2D eigenvalue weighted by atomic mass is 10.2. The fourth-order valence-corrected chi connectivity index (χ4v) is 1.31. The molecule has 0 unspecified atom stereocenters. The number of amides is 2. The lowest BCUT2D eigenvalue weighted by Crippen LogP contribution is -2.34. The van der Waals surface area contributed by atoms with E-state index in [0.29, 0.717) is 11.5 Å². The molecule has 0 bridgehead atoms. The van der Waals surface area contributed by atoms with Gasteiger partial charge in [-0.2, -0.15) is 0 Å². The van der Waals surface area contributed by atoms with Crippen LogP contribution in [0.25, 0.3) is 0 Å². The van der Waals surface area contributed by atoms with E-state index in [9.17, 15) is 14.4 Å². The molecule has 1 heterocycles. The van der Waals surface area contributed by atoms with Crippen molar-refractivity contribution in [2.24, 2.45) is 5.73 Å². The summed E-state index contributed by atoms with van der Waals surface area (Å²) in [5.74, 6) is -1.90. The average molecular weight is 266 g/mol. The first-order valence-electron chi connectivity index (χ1n) is 5.39. The molecule has 0 spiro atoms. The second-order valence-corrected chi connectivity index (χ2v) is 3.77. The molecule has 8 heteroatoms. The number of pyridine rings is 1. The van der Waals surface area contributed by atoms with Gasteiger partial charge in [0.1, 0.15) is 12.4 Å². The molecular formula is C11H14N4O4. The first kappa shape index (κ1) is 14.4. The number of nitrogens with one attached hydrogen (secondary N) is 2. The number of carbonyl (C=O) groups is 3. The molecule has 2 amide bonds. The standard InChI is InChI=1S/C11H14N4O4/c1-6-2-7(11(12)19)3-8(15-6)13-4-9(16)14-5-10(17)18/h2-3H,4-5H2,1H3,(H2,12,19)(H,13,15)(H,14,16)(H,17,18). The zero-order valence-corrected chi connectivity index (χ0v) is 10.3. The summed E-state index contributed by atoms with van der Waals surface area (Å²) in [5, 5.41) is 13.2. The van der Waals surface area contributed by atoms with Crippen molar-refractivity contribution in [1.29, 1.82) is 0 Å². The number of carboxylic acids is 1. The van der Waals surface area contributed by atoms with Crippen molar-refractivity contribution in [2.75, 3.05) is 18.4 Å². The Morgan fingerprint density at radius 3 is 2.58 bits per heavy atom. The van der Waals surface area contributed by atoms with Crippen molar-refractivity contribution in [1.82, 2.24) is 10.3 Å². The van der Waals surface area contributed by atoms with Gasteiger partial charge in [0.15, 0.2) is 0 Å². The molecular weight excluding hydrogens is 252 g/mol. The zero-order chi connectivity index (χ0) is 14.4. The summed E-state index contributed by atoms with van der Waals surface area (Å²) >= 11 is 0. The van der Waals surface area contributed by atoms with E-state index in [0.717, 1.165) is 0 Å². The van der Waals surface area contributed by atoms with Crippen LogP contribution in [0.3, 0.4) is 0 Å². The van der Waals surface area contributed by atoms with Gasteiger partial charge >= 0.3 is 5.97 Å². The third-order valence-electron chi connectivity index (χ3n) is 2.10.